The average Bonchev–Trinajstić information content (AvgIpc) is 2.56. The molecule has 1 aliphatic rings. The summed E-state index contributed by atoms with van der Waals surface area (Å²) in [5.41, 5.74) is 1.03. The molecule has 1 fully saturated rings. The first kappa shape index (κ1) is 8.32. The van der Waals surface area contributed by atoms with Crippen LogP contribution in [0.2, 0.25) is 5.02 Å². The van der Waals surface area contributed by atoms with Crippen molar-refractivity contribution in [3.8, 4) is 0 Å². The Morgan fingerprint density at radius 3 is 3.17 bits per heavy atom. The van der Waals surface area contributed by atoms with Crippen LogP contribution in [0.1, 0.15) is 23.8 Å². The number of thioether (sulfide) groups is 1. The van der Waals surface area contributed by atoms with Crippen LogP contribution in [0.4, 0.5) is 0 Å². The van der Waals surface area contributed by atoms with Gasteiger partial charge in [-0.2, -0.15) is 22.0 Å². The Kier molecular flexibility index (Phi) is 2.51. The molecule has 1 aromatic heterocycles. The van der Waals surface area contributed by atoms with Gasteiger partial charge in [0.2, 0.25) is 0 Å². The molecule has 0 saturated carbocycles. The zero-order valence-corrected chi connectivity index (χ0v) is 8.11. The van der Waals surface area contributed by atoms with Crippen LogP contribution in [0.15, 0.2) is 12.3 Å². The lowest BCUT2D eigenvalue weighted by atomic mass is 10.2. The first-order chi connectivity index (χ1) is 5.86. The molecule has 0 aromatic carbocycles. The lowest BCUT2D eigenvalue weighted by Crippen LogP contribution is -1.94. The zero-order chi connectivity index (χ0) is 8.39. The van der Waals surface area contributed by atoms with E-state index in [2.05, 4.69) is 10.2 Å². The van der Waals surface area contributed by atoms with Gasteiger partial charge < -0.3 is 0 Å². The third-order valence-corrected chi connectivity index (χ3v) is 3.51. The van der Waals surface area contributed by atoms with Gasteiger partial charge in [-0.05, 0) is 24.7 Å². The minimum Gasteiger partial charge on any atom is -0.157 e. The molecule has 0 N–H and O–H groups in total. The van der Waals surface area contributed by atoms with Crippen molar-refractivity contribution in [2.75, 3.05) is 5.75 Å². The first-order valence-electron chi connectivity index (χ1n) is 3.96. The Bertz CT molecular complexity index is 274. The molecule has 64 valence electrons. The Labute approximate surface area is 80.7 Å². The van der Waals surface area contributed by atoms with E-state index in [1.807, 2.05) is 17.8 Å². The summed E-state index contributed by atoms with van der Waals surface area (Å²) in [5, 5.41) is 9.11. The molecule has 1 aliphatic heterocycles. The summed E-state index contributed by atoms with van der Waals surface area (Å²) < 4.78 is 0. The van der Waals surface area contributed by atoms with E-state index < -0.39 is 0 Å². The van der Waals surface area contributed by atoms with E-state index in [4.69, 9.17) is 11.6 Å². The summed E-state index contributed by atoms with van der Waals surface area (Å²) in [6, 6.07) is 1.91. The van der Waals surface area contributed by atoms with Crippen molar-refractivity contribution >= 4 is 23.4 Å². The fourth-order valence-electron chi connectivity index (χ4n) is 1.33. The van der Waals surface area contributed by atoms with Crippen molar-refractivity contribution < 1.29 is 0 Å². The van der Waals surface area contributed by atoms with Crippen LogP contribution in [-0.2, 0) is 0 Å². The summed E-state index contributed by atoms with van der Waals surface area (Å²) in [6.07, 6.45) is 4.06. The van der Waals surface area contributed by atoms with Crippen LogP contribution in [0, 0.1) is 0 Å². The van der Waals surface area contributed by atoms with Crippen LogP contribution >= 0.6 is 23.4 Å². The zero-order valence-electron chi connectivity index (χ0n) is 6.53. The van der Waals surface area contributed by atoms with E-state index in [-0.39, 0.29) is 0 Å². The third-order valence-electron chi connectivity index (χ3n) is 1.90. The van der Waals surface area contributed by atoms with Crippen molar-refractivity contribution in [3.05, 3.63) is 23.0 Å². The van der Waals surface area contributed by atoms with Crippen LogP contribution in [0.3, 0.4) is 0 Å². The minimum atomic E-state index is 0.524. The van der Waals surface area contributed by atoms with E-state index >= 15 is 0 Å². The number of hydrogen-bond acceptors (Lipinski definition) is 3. The Morgan fingerprint density at radius 2 is 2.50 bits per heavy atom. The second-order valence-corrected chi connectivity index (χ2v) is 4.55. The molecule has 0 radical (unpaired) electrons. The van der Waals surface area contributed by atoms with Gasteiger partial charge in [0.25, 0.3) is 0 Å². The van der Waals surface area contributed by atoms with E-state index in [0.29, 0.717) is 10.3 Å². The molecular formula is C8H9ClN2S. The number of rotatable bonds is 1. The molecule has 12 heavy (non-hydrogen) atoms. The van der Waals surface area contributed by atoms with Gasteiger partial charge in [-0.1, -0.05) is 11.6 Å². The molecule has 0 spiro atoms. The molecule has 0 aliphatic carbocycles. The van der Waals surface area contributed by atoms with Gasteiger partial charge in [0.1, 0.15) is 0 Å². The van der Waals surface area contributed by atoms with Crippen molar-refractivity contribution in [2.24, 2.45) is 0 Å². The fraction of sp³-hybridized carbons (Fsp3) is 0.500. The van der Waals surface area contributed by atoms with Crippen molar-refractivity contribution in [2.45, 2.75) is 18.1 Å². The highest BCUT2D eigenvalue weighted by atomic mass is 35.5. The Balaban J connectivity index is 2.21. The normalized spacial score (nSPS) is 22.9. The van der Waals surface area contributed by atoms with Crippen molar-refractivity contribution in [1.82, 2.24) is 10.2 Å². The van der Waals surface area contributed by atoms with Crippen LogP contribution < -0.4 is 0 Å². The molecule has 0 bridgehead atoms. The minimum absolute atomic E-state index is 0.524. The highest BCUT2D eigenvalue weighted by molar-refractivity contribution is 7.99. The van der Waals surface area contributed by atoms with Crippen molar-refractivity contribution in [1.29, 1.82) is 0 Å². The number of halogens is 1. The fourth-order valence-corrected chi connectivity index (χ4v) is 2.72. The number of nitrogens with zero attached hydrogens (tertiary/aromatic N) is 2. The van der Waals surface area contributed by atoms with E-state index in [1.54, 1.807) is 6.20 Å². The lowest BCUT2D eigenvalue weighted by molar-refractivity contribution is 0.784. The highest BCUT2D eigenvalue weighted by Gasteiger charge is 2.19. The van der Waals surface area contributed by atoms with Gasteiger partial charge in [-0.15, -0.1) is 0 Å². The molecule has 4 heteroatoms. The van der Waals surface area contributed by atoms with Crippen LogP contribution in [0.5, 0.6) is 0 Å². The molecule has 2 heterocycles. The SMILES string of the molecule is Clc1cnnc(C2CCCS2)c1. The van der Waals surface area contributed by atoms with E-state index in [9.17, 15) is 0 Å². The van der Waals surface area contributed by atoms with Gasteiger partial charge in [0.15, 0.2) is 0 Å². The molecule has 1 aromatic rings. The Morgan fingerprint density at radius 1 is 1.58 bits per heavy atom. The van der Waals surface area contributed by atoms with E-state index in [1.165, 1.54) is 18.6 Å². The molecule has 1 atom stereocenters. The van der Waals surface area contributed by atoms with Gasteiger partial charge in [-0.25, -0.2) is 0 Å². The largest absolute Gasteiger partial charge is 0.157 e. The molecule has 0 amide bonds. The quantitative estimate of drug-likeness (QED) is 0.697. The molecular weight excluding hydrogens is 192 g/mol. The predicted octanol–water partition coefficient (Wildman–Crippen LogP) is 2.70. The average molecular weight is 201 g/mol. The van der Waals surface area contributed by atoms with Crippen LogP contribution in [0.25, 0.3) is 0 Å². The summed E-state index contributed by atoms with van der Waals surface area (Å²) in [5.74, 6) is 1.23. The second-order valence-electron chi connectivity index (χ2n) is 2.80. The molecule has 2 rings (SSSR count). The number of aromatic nitrogens is 2. The molecule has 1 saturated heterocycles. The van der Waals surface area contributed by atoms with Crippen molar-refractivity contribution in [3.63, 3.8) is 0 Å². The third kappa shape index (κ3) is 1.72. The highest BCUT2D eigenvalue weighted by Crippen LogP contribution is 2.38. The summed E-state index contributed by atoms with van der Waals surface area (Å²) >= 11 is 7.75. The second kappa shape index (κ2) is 3.62. The molecule has 1 unspecified atom stereocenters. The summed E-state index contributed by atoms with van der Waals surface area (Å²) in [6.45, 7) is 0. The molecule has 2 nitrogen and oxygen atoms in total. The first-order valence-corrected chi connectivity index (χ1v) is 5.38. The maximum absolute atomic E-state index is 5.81. The van der Waals surface area contributed by atoms with Gasteiger partial charge in [-0.3, -0.25) is 0 Å². The summed E-state index contributed by atoms with van der Waals surface area (Å²) in [7, 11) is 0. The van der Waals surface area contributed by atoms with Gasteiger partial charge in [0, 0.05) is 5.25 Å². The topological polar surface area (TPSA) is 25.8 Å². The smallest absolute Gasteiger partial charge is 0.0775 e. The van der Waals surface area contributed by atoms with Gasteiger partial charge >= 0.3 is 0 Å². The number of hydrogen-bond donors (Lipinski definition) is 0. The summed E-state index contributed by atoms with van der Waals surface area (Å²) in [4.78, 5) is 0. The standard InChI is InChI=1S/C8H9ClN2S/c9-6-4-7(11-10-5-6)8-2-1-3-12-8/h4-5,8H,1-3H2. The Hall–Kier alpha value is -0.280. The monoisotopic (exact) mass is 200 g/mol. The maximum atomic E-state index is 5.81. The lowest BCUT2D eigenvalue weighted by Gasteiger charge is -2.05. The maximum Gasteiger partial charge on any atom is 0.0775 e. The van der Waals surface area contributed by atoms with E-state index in [0.717, 1.165) is 5.69 Å². The van der Waals surface area contributed by atoms with Crippen LogP contribution in [-0.4, -0.2) is 16.0 Å². The van der Waals surface area contributed by atoms with Gasteiger partial charge in [0.05, 0.1) is 16.9 Å². The predicted molar refractivity (Wildman–Crippen MR) is 51.5 cm³/mol.